The summed E-state index contributed by atoms with van der Waals surface area (Å²) in [6.07, 6.45) is 1.46. The monoisotopic (exact) mass is 299 g/mol. The van der Waals surface area contributed by atoms with Crippen LogP contribution in [-0.2, 0) is 4.79 Å². The molecule has 0 radical (unpaired) electrons. The highest BCUT2D eigenvalue weighted by Crippen LogP contribution is 2.19. The Morgan fingerprint density at radius 2 is 2.06 bits per heavy atom. The fourth-order valence-electron chi connectivity index (χ4n) is 1.36. The summed E-state index contributed by atoms with van der Waals surface area (Å²) in [5.74, 6) is -0.919. The van der Waals surface area contributed by atoms with Crippen molar-refractivity contribution < 1.29 is 15.0 Å². The van der Waals surface area contributed by atoms with E-state index < -0.39 is 12.0 Å². The van der Waals surface area contributed by atoms with Crippen LogP contribution in [0.3, 0.4) is 0 Å². The van der Waals surface area contributed by atoms with Crippen molar-refractivity contribution >= 4 is 28.1 Å². The molecule has 0 bridgehead atoms. The van der Waals surface area contributed by atoms with E-state index in [1.54, 1.807) is 26.0 Å². The standard InChI is InChI=1S/C12H14BrNO3/c1-7(2)11(12(16)17)14-6-8-3-9(13)5-10(15)4-8/h3-7,11,15H,1-2H3,(H,16,17). The van der Waals surface area contributed by atoms with Crippen molar-refractivity contribution in [2.24, 2.45) is 10.9 Å². The summed E-state index contributed by atoms with van der Waals surface area (Å²) in [5.41, 5.74) is 0.656. The number of aromatic hydroxyl groups is 1. The number of rotatable bonds is 4. The van der Waals surface area contributed by atoms with Crippen LogP contribution in [0.1, 0.15) is 19.4 Å². The molecule has 1 aromatic rings. The molecule has 1 aromatic carbocycles. The van der Waals surface area contributed by atoms with Gasteiger partial charge in [-0.25, -0.2) is 4.79 Å². The Labute approximate surface area is 108 Å². The van der Waals surface area contributed by atoms with Crippen LogP contribution in [0.25, 0.3) is 0 Å². The van der Waals surface area contributed by atoms with Crippen molar-refractivity contribution in [3.8, 4) is 5.75 Å². The van der Waals surface area contributed by atoms with Gasteiger partial charge in [-0.05, 0) is 29.7 Å². The third kappa shape index (κ3) is 4.19. The molecule has 0 aliphatic carbocycles. The van der Waals surface area contributed by atoms with Gasteiger partial charge in [-0.15, -0.1) is 0 Å². The molecule has 0 amide bonds. The number of benzene rings is 1. The van der Waals surface area contributed by atoms with E-state index in [1.165, 1.54) is 12.3 Å². The second kappa shape index (κ2) is 5.82. The number of carboxylic acid groups (broad SMARTS) is 1. The van der Waals surface area contributed by atoms with Crippen molar-refractivity contribution in [3.63, 3.8) is 0 Å². The molecule has 92 valence electrons. The number of halogens is 1. The van der Waals surface area contributed by atoms with Crippen molar-refractivity contribution in [1.29, 1.82) is 0 Å². The van der Waals surface area contributed by atoms with Crippen molar-refractivity contribution in [2.45, 2.75) is 19.9 Å². The highest BCUT2D eigenvalue weighted by Gasteiger charge is 2.19. The second-order valence-corrected chi connectivity index (χ2v) is 4.96. The summed E-state index contributed by atoms with van der Waals surface area (Å²) in [4.78, 5) is 14.9. The zero-order valence-corrected chi connectivity index (χ0v) is 11.2. The minimum atomic E-state index is -0.949. The van der Waals surface area contributed by atoms with Crippen molar-refractivity contribution in [1.82, 2.24) is 0 Å². The van der Waals surface area contributed by atoms with Crippen molar-refractivity contribution in [3.05, 3.63) is 28.2 Å². The smallest absolute Gasteiger partial charge is 0.328 e. The van der Waals surface area contributed by atoms with Gasteiger partial charge in [-0.3, -0.25) is 4.99 Å². The van der Waals surface area contributed by atoms with E-state index in [4.69, 9.17) is 5.11 Å². The summed E-state index contributed by atoms with van der Waals surface area (Å²) >= 11 is 3.24. The summed E-state index contributed by atoms with van der Waals surface area (Å²) in [6, 6.07) is 4.06. The number of aliphatic imine (C=N–C) groups is 1. The molecule has 1 unspecified atom stereocenters. The first-order chi connectivity index (χ1) is 7.90. The largest absolute Gasteiger partial charge is 0.508 e. The lowest BCUT2D eigenvalue weighted by molar-refractivity contribution is -0.139. The normalized spacial score (nSPS) is 13.2. The number of carbonyl (C=O) groups is 1. The molecule has 0 saturated heterocycles. The Morgan fingerprint density at radius 1 is 1.41 bits per heavy atom. The van der Waals surface area contributed by atoms with Gasteiger partial charge < -0.3 is 10.2 Å². The minimum absolute atomic E-state index is 0.0792. The number of hydrogen-bond acceptors (Lipinski definition) is 3. The van der Waals surface area contributed by atoms with Gasteiger partial charge in [0.2, 0.25) is 0 Å². The number of carboxylic acids is 1. The molecule has 17 heavy (non-hydrogen) atoms. The van der Waals surface area contributed by atoms with Crippen LogP contribution in [0.4, 0.5) is 0 Å². The lowest BCUT2D eigenvalue weighted by Crippen LogP contribution is -2.24. The maximum Gasteiger partial charge on any atom is 0.328 e. The van der Waals surface area contributed by atoms with Crippen molar-refractivity contribution in [2.75, 3.05) is 0 Å². The van der Waals surface area contributed by atoms with E-state index in [9.17, 15) is 9.90 Å². The number of aliphatic carboxylic acids is 1. The van der Waals surface area contributed by atoms with E-state index >= 15 is 0 Å². The molecule has 2 N–H and O–H groups in total. The van der Waals surface area contributed by atoms with Gasteiger partial charge in [-0.2, -0.15) is 0 Å². The van der Waals surface area contributed by atoms with E-state index in [0.29, 0.717) is 5.56 Å². The fraction of sp³-hybridized carbons (Fsp3) is 0.333. The molecule has 1 atom stereocenters. The average Bonchev–Trinajstić information content (AvgIpc) is 2.14. The molecule has 4 nitrogen and oxygen atoms in total. The van der Waals surface area contributed by atoms with Gasteiger partial charge in [0.25, 0.3) is 0 Å². The zero-order chi connectivity index (χ0) is 13.0. The maximum atomic E-state index is 10.9. The first kappa shape index (κ1) is 13.7. The molecule has 0 aromatic heterocycles. The average molecular weight is 300 g/mol. The zero-order valence-electron chi connectivity index (χ0n) is 9.59. The molecule has 0 aliphatic heterocycles. The van der Waals surface area contributed by atoms with Crippen LogP contribution in [0.5, 0.6) is 5.75 Å². The van der Waals surface area contributed by atoms with Crippen LogP contribution in [-0.4, -0.2) is 28.4 Å². The van der Waals surface area contributed by atoms with Crippen LogP contribution >= 0.6 is 15.9 Å². The third-order valence-electron chi connectivity index (χ3n) is 2.17. The molecule has 0 spiro atoms. The summed E-state index contributed by atoms with van der Waals surface area (Å²) in [6.45, 7) is 3.60. The lowest BCUT2D eigenvalue weighted by Gasteiger charge is -2.10. The predicted octanol–water partition coefficient (Wildman–Crippen LogP) is 2.68. The molecule has 0 fully saturated rings. The van der Waals surface area contributed by atoms with Gasteiger partial charge >= 0.3 is 5.97 Å². The first-order valence-electron chi connectivity index (χ1n) is 5.15. The summed E-state index contributed by atoms with van der Waals surface area (Å²) < 4.78 is 0.718. The maximum absolute atomic E-state index is 10.9. The number of nitrogens with zero attached hydrogens (tertiary/aromatic N) is 1. The van der Waals surface area contributed by atoms with Crippen LogP contribution < -0.4 is 0 Å². The Hall–Kier alpha value is -1.36. The Bertz CT molecular complexity index is 423. The topological polar surface area (TPSA) is 69.9 Å². The van der Waals surface area contributed by atoms with Gasteiger partial charge in [0.1, 0.15) is 11.8 Å². The quantitative estimate of drug-likeness (QED) is 0.840. The fourth-order valence-corrected chi connectivity index (χ4v) is 1.86. The molecule has 5 heteroatoms. The number of hydrogen-bond donors (Lipinski definition) is 2. The van der Waals surface area contributed by atoms with Crippen LogP contribution in [0, 0.1) is 5.92 Å². The molecule has 0 heterocycles. The van der Waals surface area contributed by atoms with E-state index in [-0.39, 0.29) is 11.7 Å². The molecular weight excluding hydrogens is 286 g/mol. The minimum Gasteiger partial charge on any atom is -0.508 e. The van der Waals surface area contributed by atoms with E-state index in [0.717, 1.165) is 4.47 Å². The Kier molecular flexibility index (Phi) is 4.69. The van der Waals surface area contributed by atoms with Crippen LogP contribution in [0.2, 0.25) is 0 Å². The number of phenolic OH excluding ortho intramolecular Hbond substituents is 1. The van der Waals surface area contributed by atoms with E-state index in [2.05, 4.69) is 20.9 Å². The van der Waals surface area contributed by atoms with Gasteiger partial charge in [0.15, 0.2) is 0 Å². The lowest BCUT2D eigenvalue weighted by atomic mass is 10.1. The van der Waals surface area contributed by atoms with E-state index in [1.807, 2.05) is 0 Å². The molecule has 0 saturated carbocycles. The summed E-state index contributed by atoms with van der Waals surface area (Å²) in [7, 11) is 0. The van der Waals surface area contributed by atoms with Gasteiger partial charge in [-0.1, -0.05) is 29.8 Å². The SMILES string of the molecule is CC(C)C(N=Cc1cc(O)cc(Br)c1)C(=O)O. The highest BCUT2D eigenvalue weighted by molar-refractivity contribution is 9.10. The molecule has 1 rings (SSSR count). The van der Waals surface area contributed by atoms with Crippen LogP contribution in [0.15, 0.2) is 27.7 Å². The second-order valence-electron chi connectivity index (χ2n) is 4.05. The summed E-state index contributed by atoms with van der Waals surface area (Å²) in [5, 5.41) is 18.3. The predicted molar refractivity (Wildman–Crippen MR) is 69.7 cm³/mol. The van der Waals surface area contributed by atoms with Gasteiger partial charge in [0.05, 0.1) is 0 Å². The Morgan fingerprint density at radius 3 is 2.53 bits per heavy atom. The highest BCUT2D eigenvalue weighted by atomic mass is 79.9. The molecule has 0 aliphatic rings. The first-order valence-corrected chi connectivity index (χ1v) is 5.95. The molecular formula is C12H14BrNO3. The third-order valence-corrected chi connectivity index (χ3v) is 2.63. The Balaban J connectivity index is 2.92. The number of phenols is 1. The van der Waals surface area contributed by atoms with Gasteiger partial charge in [0, 0.05) is 10.7 Å².